The zero-order chi connectivity index (χ0) is 11.7. The second-order valence-electron chi connectivity index (χ2n) is 3.21. The minimum absolute atomic E-state index is 0.0303. The minimum Gasteiger partial charge on any atom is -0.276 e. The van der Waals surface area contributed by atoms with E-state index in [9.17, 15) is 14.9 Å². The summed E-state index contributed by atoms with van der Waals surface area (Å²) < 4.78 is 0. The van der Waals surface area contributed by atoms with Gasteiger partial charge in [-0.2, -0.15) is 0 Å². The van der Waals surface area contributed by atoms with Gasteiger partial charge in [-0.05, 0) is 23.7 Å². The van der Waals surface area contributed by atoms with Crippen LogP contribution in [0.15, 0.2) is 36.4 Å². The average molecular weight is 236 g/mol. The summed E-state index contributed by atoms with van der Waals surface area (Å²) >= 11 is 5.41. The quantitative estimate of drug-likeness (QED) is 0.456. The maximum atomic E-state index is 11.1. The number of carbonyl (C=O) groups excluding carboxylic acids is 1. The van der Waals surface area contributed by atoms with Crippen LogP contribution in [0.2, 0.25) is 0 Å². The third-order valence-electron chi connectivity index (χ3n) is 2.31. The van der Waals surface area contributed by atoms with Gasteiger partial charge < -0.3 is 0 Å². The van der Waals surface area contributed by atoms with Crippen LogP contribution in [-0.2, 0) is 0 Å². The lowest BCUT2D eigenvalue weighted by atomic mass is 10.0. The number of rotatable bonds is 2. The number of nitro groups is 1. The Bertz CT molecular complexity index is 542. The Balaban J connectivity index is 2.86. The molecule has 0 radical (unpaired) electrons. The molecule has 0 heterocycles. The Morgan fingerprint density at radius 1 is 1.12 bits per heavy atom. The van der Waals surface area contributed by atoms with Crippen molar-refractivity contribution in [3.63, 3.8) is 0 Å². The van der Waals surface area contributed by atoms with Crippen LogP contribution >= 0.6 is 11.6 Å². The second-order valence-corrected chi connectivity index (χ2v) is 3.55. The van der Waals surface area contributed by atoms with Gasteiger partial charge in [-0.15, -0.1) is 0 Å². The smallest absolute Gasteiger partial charge is 0.276 e. The average Bonchev–Trinajstić information content (AvgIpc) is 2.27. The highest BCUT2D eigenvalue weighted by atomic mass is 35.5. The fraction of sp³-hybridized carbons (Fsp3) is 0. The van der Waals surface area contributed by atoms with E-state index in [4.69, 9.17) is 11.6 Å². The van der Waals surface area contributed by atoms with Crippen LogP contribution in [-0.4, -0.2) is 10.2 Å². The molecular formula is C11H6ClNO3. The van der Waals surface area contributed by atoms with E-state index in [0.29, 0.717) is 10.8 Å². The highest BCUT2D eigenvalue weighted by Gasteiger charge is 2.14. The summed E-state index contributed by atoms with van der Waals surface area (Å²) in [5.74, 6) is 0. The van der Waals surface area contributed by atoms with Gasteiger partial charge in [0.25, 0.3) is 10.9 Å². The van der Waals surface area contributed by atoms with E-state index in [1.165, 1.54) is 12.1 Å². The van der Waals surface area contributed by atoms with Crippen LogP contribution in [0.1, 0.15) is 10.4 Å². The number of nitrogens with zero attached hydrogens (tertiary/aromatic N) is 1. The first-order valence-corrected chi connectivity index (χ1v) is 4.85. The molecule has 0 fully saturated rings. The molecule has 0 atom stereocenters. The lowest BCUT2D eigenvalue weighted by Gasteiger charge is -2.02. The molecule has 0 amide bonds. The third-order valence-corrected chi connectivity index (χ3v) is 2.51. The van der Waals surface area contributed by atoms with Crippen LogP contribution in [0.4, 0.5) is 5.69 Å². The van der Waals surface area contributed by atoms with E-state index in [1.807, 2.05) is 0 Å². The minimum atomic E-state index is -0.619. The van der Waals surface area contributed by atoms with E-state index < -0.39 is 10.2 Å². The van der Waals surface area contributed by atoms with Crippen molar-refractivity contribution in [3.05, 3.63) is 52.1 Å². The van der Waals surface area contributed by atoms with Gasteiger partial charge in [-0.3, -0.25) is 14.9 Å². The standard InChI is InChI=1S/C11H6ClNO3/c12-11(14)9-5-1-4-8-7(9)3-2-6-10(8)13(15)16/h1-6H. The van der Waals surface area contributed by atoms with Gasteiger partial charge in [0.1, 0.15) is 0 Å². The van der Waals surface area contributed by atoms with Gasteiger partial charge in [0.15, 0.2) is 0 Å². The first kappa shape index (κ1) is 10.6. The number of hydrogen-bond acceptors (Lipinski definition) is 3. The van der Waals surface area contributed by atoms with E-state index in [2.05, 4.69) is 0 Å². The van der Waals surface area contributed by atoms with Gasteiger partial charge >= 0.3 is 0 Å². The topological polar surface area (TPSA) is 60.2 Å². The van der Waals surface area contributed by atoms with E-state index in [-0.39, 0.29) is 11.3 Å². The molecule has 80 valence electrons. The molecule has 0 aromatic heterocycles. The Kier molecular flexibility index (Phi) is 2.58. The van der Waals surface area contributed by atoms with Crippen molar-refractivity contribution in [1.29, 1.82) is 0 Å². The summed E-state index contributed by atoms with van der Waals surface area (Å²) in [6.45, 7) is 0. The Morgan fingerprint density at radius 3 is 2.38 bits per heavy atom. The highest BCUT2D eigenvalue weighted by molar-refractivity contribution is 6.68. The summed E-state index contributed by atoms with van der Waals surface area (Å²) in [6.07, 6.45) is 0. The molecule has 0 aliphatic carbocycles. The van der Waals surface area contributed by atoms with Crippen molar-refractivity contribution in [2.24, 2.45) is 0 Å². The summed E-state index contributed by atoms with van der Waals surface area (Å²) in [5, 5.41) is 11.1. The van der Waals surface area contributed by atoms with Crippen molar-refractivity contribution < 1.29 is 9.72 Å². The zero-order valence-corrected chi connectivity index (χ0v) is 8.77. The van der Waals surface area contributed by atoms with Crippen molar-refractivity contribution in [2.45, 2.75) is 0 Å². The first-order valence-electron chi connectivity index (χ1n) is 4.47. The number of carbonyl (C=O) groups is 1. The normalized spacial score (nSPS) is 10.3. The van der Waals surface area contributed by atoms with Crippen molar-refractivity contribution in [2.75, 3.05) is 0 Å². The van der Waals surface area contributed by atoms with Crippen molar-refractivity contribution >= 4 is 33.3 Å². The second kappa shape index (κ2) is 3.90. The lowest BCUT2D eigenvalue weighted by molar-refractivity contribution is -0.383. The number of halogens is 1. The monoisotopic (exact) mass is 235 g/mol. The Labute approximate surface area is 95.6 Å². The van der Waals surface area contributed by atoms with Gasteiger partial charge in [-0.25, -0.2) is 0 Å². The van der Waals surface area contributed by atoms with Gasteiger partial charge in [0, 0.05) is 17.0 Å². The number of fused-ring (bicyclic) bond motifs is 1. The molecule has 0 unspecified atom stereocenters. The number of hydrogen-bond donors (Lipinski definition) is 0. The predicted molar refractivity (Wildman–Crippen MR) is 60.8 cm³/mol. The number of non-ortho nitro benzene ring substituents is 1. The molecule has 0 aliphatic rings. The fourth-order valence-electron chi connectivity index (χ4n) is 1.62. The molecule has 2 aromatic rings. The van der Waals surface area contributed by atoms with Gasteiger partial charge in [0.05, 0.1) is 10.3 Å². The summed E-state index contributed by atoms with van der Waals surface area (Å²) in [5.41, 5.74) is 0.250. The summed E-state index contributed by atoms with van der Waals surface area (Å²) in [4.78, 5) is 21.4. The molecule has 4 nitrogen and oxygen atoms in total. The molecule has 0 saturated carbocycles. The maximum absolute atomic E-state index is 11.1. The van der Waals surface area contributed by atoms with Gasteiger partial charge in [0.2, 0.25) is 0 Å². The molecule has 2 aromatic carbocycles. The van der Waals surface area contributed by atoms with E-state index in [0.717, 1.165) is 0 Å². The van der Waals surface area contributed by atoms with Crippen LogP contribution < -0.4 is 0 Å². The molecule has 0 aliphatic heterocycles. The van der Waals surface area contributed by atoms with Crippen LogP contribution in [0.3, 0.4) is 0 Å². The molecule has 5 heteroatoms. The summed E-state index contributed by atoms with van der Waals surface area (Å²) in [7, 11) is 0. The van der Waals surface area contributed by atoms with Crippen LogP contribution in [0, 0.1) is 10.1 Å². The molecule has 0 bridgehead atoms. The number of benzene rings is 2. The van der Waals surface area contributed by atoms with Crippen molar-refractivity contribution in [3.8, 4) is 0 Å². The van der Waals surface area contributed by atoms with Crippen molar-refractivity contribution in [1.82, 2.24) is 0 Å². The number of nitro benzene ring substituents is 1. The Hall–Kier alpha value is -1.94. The van der Waals surface area contributed by atoms with Gasteiger partial charge in [-0.1, -0.05) is 18.2 Å². The van der Waals surface area contributed by atoms with Crippen LogP contribution in [0.25, 0.3) is 10.8 Å². The molecular weight excluding hydrogens is 230 g/mol. The molecule has 16 heavy (non-hydrogen) atoms. The Morgan fingerprint density at radius 2 is 1.75 bits per heavy atom. The molecule has 0 saturated heterocycles. The zero-order valence-electron chi connectivity index (χ0n) is 8.01. The fourth-order valence-corrected chi connectivity index (χ4v) is 1.79. The molecule has 0 spiro atoms. The third kappa shape index (κ3) is 1.63. The largest absolute Gasteiger partial charge is 0.277 e. The predicted octanol–water partition coefficient (Wildman–Crippen LogP) is 3.13. The molecule has 0 N–H and O–H groups in total. The maximum Gasteiger partial charge on any atom is 0.277 e. The van der Waals surface area contributed by atoms with Crippen LogP contribution in [0.5, 0.6) is 0 Å². The highest BCUT2D eigenvalue weighted by Crippen LogP contribution is 2.28. The van der Waals surface area contributed by atoms with E-state index in [1.54, 1.807) is 24.3 Å². The SMILES string of the molecule is O=C(Cl)c1cccc2c([N+](=O)[O-])cccc12. The summed E-state index contributed by atoms with van der Waals surface area (Å²) in [6, 6.07) is 9.27. The van der Waals surface area contributed by atoms with E-state index >= 15 is 0 Å². The molecule has 2 rings (SSSR count). The lowest BCUT2D eigenvalue weighted by Crippen LogP contribution is -1.94. The first-order chi connectivity index (χ1) is 7.61.